The van der Waals surface area contributed by atoms with Gasteiger partial charge in [0.25, 0.3) is 0 Å². The van der Waals surface area contributed by atoms with Crippen LogP contribution in [0.25, 0.3) is 16.8 Å². The standard InChI is InChI=1S/C32H35F2N5/c1-20-5-4-12-37(22(3)15-20)25-7-8-26(21(2)16-25)27-19-35-39-14-11-30(36-31(27)39)38-13-10-23-18-32(23,38)28-17-24(33)6-9-29(28)34/h6-9,11,14,16-17,19-20,22-23H,4-5,10,12-13,15,18H2,1-3H3/t20?,22-,23-,32+/m0/s1. The van der Waals surface area contributed by atoms with Gasteiger partial charge in [0.15, 0.2) is 5.65 Å². The largest absolute Gasteiger partial charge is 0.369 e. The zero-order valence-electron chi connectivity index (χ0n) is 22.9. The Labute approximate surface area is 228 Å². The molecule has 202 valence electrons. The normalized spacial score (nSPS) is 26.6. The van der Waals surface area contributed by atoms with Crippen LogP contribution < -0.4 is 9.80 Å². The predicted molar refractivity (Wildman–Crippen MR) is 151 cm³/mol. The lowest BCUT2D eigenvalue weighted by Gasteiger charge is -2.31. The highest BCUT2D eigenvalue weighted by Crippen LogP contribution is 2.63. The fourth-order valence-corrected chi connectivity index (χ4v) is 7.47. The quantitative estimate of drug-likeness (QED) is 0.283. The van der Waals surface area contributed by atoms with E-state index in [-0.39, 0.29) is 5.82 Å². The van der Waals surface area contributed by atoms with E-state index in [9.17, 15) is 8.78 Å². The number of aromatic nitrogens is 3. The van der Waals surface area contributed by atoms with Crippen LogP contribution in [0, 0.1) is 30.4 Å². The molecule has 39 heavy (non-hydrogen) atoms. The number of nitrogens with zero attached hydrogens (tertiary/aromatic N) is 5. The molecule has 0 radical (unpaired) electrons. The van der Waals surface area contributed by atoms with E-state index in [4.69, 9.17) is 4.98 Å². The third kappa shape index (κ3) is 3.92. The Morgan fingerprint density at radius 1 is 0.974 bits per heavy atom. The van der Waals surface area contributed by atoms with Gasteiger partial charge in [0.1, 0.15) is 17.5 Å². The van der Waals surface area contributed by atoms with Crippen LogP contribution >= 0.6 is 0 Å². The van der Waals surface area contributed by atoms with Crippen LogP contribution in [0.5, 0.6) is 0 Å². The summed E-state index contributed by atoms with van der Waals surface area (Å²) in [5.74, 6) is 1.12. The van der Waals surface area contributed by atoms with E-state index >= 15 is 0 Å². The molecule has 5 nitrogen and oxygen atoms in total. The van der Waals surface area contributed by atoms with Crippen LogP contribution in [0.3, 0.4) is 0 Å². The van der Waals surface area contributed by atoms with Crippen molar-refractivity contribution in [2.45, 2.75) is 64.5 Å². The van der Waals surface area contributed by atoms with E-state index in [1.54, 1.807) is 4.52 Å². The Morgan fingerprint density at radius 3 is 2.67 bits per heavy atom. The molecule has 2 saturated heterocycles. The molecule has 0 spiro atoms. The third-order valence-corrected chi connectivity index (χ3v) is 9.48. The van der Waals surface area contributed by atoms with E-state index in [1.165, 1.54) is 48.7 Å². The summed E-state index contributed by atoms with van der Waals surface area (Å²) in [4.78, 5) is 9.82. The van der Waals surface area contributed by atoms with Crippen molar-refractivity contribution >= 4 is 17.2 Å². The summed E-state index contributed by atoms with van der Waals surface area (Å²) in [5.41, 5.74) is 5.28. The number of halogens is 2. The molecular formula is C32H35F2N5. The molecule has 4 aromatic rings. The molecule has 7 rings (SSSR count). The third-order valence-electron chi connectivity index (χ3n) is 9.48. The van der Waals surface area contributed by atoms with Crippen LogP contribution in [-0.2, 0) is 5.54 Å². The van der Waals surface area contributed by atoms with E-state index in [0.717, 1.165) is 54.4 Å². The van der Waals surface area contributed by atoms with Gasteiger partial charge in [-0.3, -0.25) is 0 Å². The lowest BCUT2D eigenvalue weighted by Crippen LogP contribution is -2.34. The molecule has 2 aromatic carbocycles. The smallest absolute Gasteiger partial charge is 0.165 e. The molecule has 3 aliphatic rings. The number of anilines is 2. The summed E-state index contributed by atoms with van der Waals surface area (Å²) >= 11 is 0. The van der Waals surface area contributed by atoms with Crippen molar-refractivity contribution in [3.63, 3.8) is 0 Å². The van der Waals surface area contributed by atoms with Crippen molar-refractivity contribution in [2.24, 2.45) is 11.8 Å². The Kier molecular flexibility index (Phi) is 5.69. The summed E-state index contributed by atoms with van der Waals surface area (Å²) in [6.45, 7) is 8.73. The van der Waals surface area contributed by atoms with E-state index < -0.39 is 11.4 Å². The van der Waals surface area contributed by atoms with E-state index in [0.29, 0.717) is 17.5 Å². The number of rotatable bonds is 4. The minimum absolute atomic E-state index is 0.315. The Morgan fingerprint density at radius 2 is 1.85 bits per heavy atom. The molecule has 1 aliphatic carbocycles. The van der Waals surface area contributed by atoms with Gasteiger partial charge in [-0.05, 0) is 105 Å². The zero-order chi connectivity index (χ0) is 26.9. The van der Waals surface area contributed by atoms with Crippen molar-refractivity contribution in [3.05, 3.63) is 77.6 Å². The zero-order valence-corrected chi connectivity index (χ0v) is 22.9. The van der Waals surface area contributed by atoms with Crippen molar-refractivity contribution in [3.8, 4) is 11.1 Å². The van der Waals surface area contributed by atoms with E-state index in [1.807, 2.05) is 18.5 Å². The van der Waals surface area contributed by atoms with Gasteiger partial charge in [0, 0.05) is 42.1 Å². The van der Waals surface area contributed by atoms with Crippen molar-refractivity contribution in [1.82, 2.24) is 14.6 Å². The molecule has 1 saturated carbocycles. The molecule has 0 N–H and O–H groups in total. The Bertz CT molecular complexity index is 1560. The molecule has 2 aliphatic heterocycles. The minimum Gasteiger partial charge on any atom is -0.369 e. The SMILES string of the molecule is Cc1cc(N2CCCC(C)C[C@@H]2C)ccc1-c1cnn2ccc(N3CC[C@H]4C[C@]43c3cc(F)ccc3F)nc12. The molecule has 3 fully saturated rings. The van der Waals surface area contributed by atoms with Crippen molar-refractivity contribution < 1.29 is 8.78 Å². The maximum absolute atomic E-state index is 14.9. The van der Waals surface area contributed by atoms with Crippen LogP contribution in [0.4, 0.5) is 20.3 Å². The number of hydrogen-bond donors (Lipinski definition) is 0. The highest BCUT2D eigenvalue weighted by molar-refractivity contribution is 5.81. The highest BCUT2D eigenvalue weighted by atomic mass is 19.1. The van der Waals surface area contributed by atoms with Crippen LogP contribution in [0.2, 0.25) is 0 Å². The van der Waals surface area contributed by atoms with Gasteiger partial charge in [0.2, 0.25) is 0 Å². The first-order valence-electron chi connectivity index (χ1n) is 14.3. The topological polar surface area (TPSA) is 36.7 Å². The molecule has 0 amide bonds. The number of piperidine rings is 1. The fourth-order valence-electron chi connectivity index (χ4n) is 7.47. The summed E-state index contributed by atoms with van der Waals surface area (Å²) in [6.07, 6.45) is 9.32. The average molecular weight is 528 g/mol. The lowest BCUT2D eigenvalue weighted by atomic mass is 9.99. The van der Waals surface area contributed by atoms with E-state index in [2.05, 4.69) is 53.9 Å². The van der Waals surface area contributed by atoms with Gasteiger partial charge in [-0.15, -0.1) is 0 Å². The monoisotopic (exact) mass is 527 g/mol. The van der Waals surface area contributed by atoms with Crippen LogP contribution in [-0.4, -0.2) is 33.7 Å². The Balaban J connectivity index is 1.24. The first-order chi connectivity index (χ1) is 18.8. The lowest BCUT2D eigenvalue weighted by molar-refractivity contribution is 0.478. The fraction of sp³-hybridized carbons (Fsp3) is 0.438. The highest BCUT2D eigenvalue weighted by Gasteiger charge is 2.64. The van der Waals surface area contributed by atoms with Gasteiger partial charge in [-0.25, -0.2) is 18.3 Å². The maximum Gasteiger partial charge on any atom is 0.165 e. The van der Waals surface area contributed by atoms with Crippen LogP contribution in [0.15, 0.2) is 54.9 Å². The van der Waals surface area contributed by atoms with Gasteiger partial charge in [0.05, 0.1) is 11.7 Å². The van der Waals surface area contributed by atoms with Gasteiger partial charge < -0.3 is 9.80 Å². The van der Waals surface area contributed by atoms with Crippen molar-refractivity contribution in [1.29, 1.82) is 0 Å². The average Bonchev–Trinajstić information content (AvgIpc) is 3.37. The molecule has 1 unspecified atom stereocenters. The molecule has 0 bridgehead atoms. The second kappa shape index (κ2) is 9.04. The first kappa shape index (κ1) is 24.6. The second-order valence-corrected chi connectivity index (χ2v) is 12.0. The maximum atomic E-state index is 14.9. The number of fused-ring (bicyclic) bond motifs is 2. The summed E-state index contributed by atoms with van der Waals surface area (Å²) in [7, 11) is 0. The predicted octanol–water partition coefficient (Wildman–Crippen LogP) is 7.12. The minimum atomic E-state index is -0.517. The summed E-state index contributed by atoms with van der Waals surface area (Å²) < 4.78 is 30.9. The first-order valence-corrected chi connectivity index (χ1v) is 14.3. The van der Waals surface area contributed by atoms with Crippen molar-refractivity contribution in [2.75, 3.05) is 22.9 Å². The molecule has 7 heteroatoms. The van der Waals surface area contributed by atoms with Gasteiger partial charge >= 0.3 is 0 Å². The molecular weight excluding hydrogens is 492 g/mol. The summed E-state index contributed by atoms with van der Waals surface area (Å²) in [5, 5.41) is 4.60. The number of benzene rings is 2. The Hall–Kier alpha value is -3.48. The number of aryl methyl sites for hydroxylation is 1. The second-order valence-electron chi connectivity index (χ2n) is 12.0. The summed E-state index contributed by atoms with van der Waals surface area (Å²) in [6, 6.07) is 13.0. The molecule has 2 aromatic heterocycles. The van der Waals surface area contributed by atoms with Crippen LogP contribution in [0.1, 0.15) is 57.1 Å². The molecule has 4 atom stereocenters. The number of hydrogen-bond acceptors (Lipinski definition) is 4. The van der Waals surface area contributed by atoms with Gasteiger partial charge in [-0.1, -0.05) is 13.0 Å². The molecule has 4 heterocycles. The van der Waals surface area contributed by atoms with Gasteiger partial charge in [-0.2, -0.15) is 5.10 Å².